The molecule has 1 N–H and O–H groups in total. The standard InChI is InChI=1S/C17H25NO2/c1-6-14(13-11-9-8-10-12-13)15(7-2)18-16(19)20-17(3,4)5/h6,8-12,14-15H,1,7H2,2-5H3,(H,18,19)/t14-,15-/m1/s1. The first-order chi connectivity index (χ1) is 9.37. The van der Waals surface area contributed by atoms with Crippen molar-refractivity contribution in [1.82, 2.24) is 5.32 Å². The molecule has 110 valence electrons. The zero-order chi connectivity index (χ0) is 15.2. The Labute approximate surface area is 122 Å². The van der Waals surface area contributed by atoms with Gasteiger partial charge in [0, 0.05) is 12.0 Å². The van der Waals surface area contributed by atoms with Gasteiger partial charge in [0.1, 0.15) is 5.60 Å². The first-order valence-electron chi connectivity index (χ1n) is 7.04. The lowest BCUT2D eigenvalue weighted by atomic mass is 9.90. The maximum absolute atomic E-state index is 11.9. The molecule has 0 aliphatic heterocycles. The van der Waals surface area contributed by atoms with Crippen molar-refractivity contribution in [3.05, 3.63) is 48.6 Å². The second kappa shape index (κ2) is 7.13. The summed E-state index contributed by atoms with van der Waals surface area (Å²) in [5.41, 5.74) is 0.657. The molecule has 1 aromatic carbocycles. The monoisotopic (exact) mass is 275 g/mol. The first-order valence-corrected chi connectivity index (χ1v) is 7.04. The molecule has 2 atom stereocenters. The lowest BCUT2D eigenvalue weighted by Gasteiger charge is -2.27. The van der Waals surface area contributed by atoms with E-state index in [0.717, 1.165) is 12.0 Å². The van der Waals surface area contributed by atoms with E-state index >= 15 is 0 Å². The summed E-state index contributed by atoms with van der Waals surface area (Å²) in [6, 6.07) is 10.0. The van der Waals surface area contributed by atoms with Gasteiger partial charge < -0.3 is 10.1 Å². The number of hydrogen-bond acceptors (Lipinski definition) is 2. The van der Waals surface area contributed by atoms with Gasteiger partial charge in [0.2, 0.25) is 0 Å². The summed E-state index contributed by atoms with van der Waals surface area (Å²) in [6.45, 7) is 11.5. The minimum absolute atomic E-state index is 0.0234. The van der Waals surface area contributed by atoms with E-state index in [1.165, 1.54) is 0 Å². The van der Waals surface area contributed by atoms with Crippen molar-refractivity contribution in [2.24, 2.45) is 0 Å². The van der Waals surface area contributed by atoms with Gasteiger partial charge in [-0.1, -0.05) is 43.3 Å². The zero-order valence-electron chi connectivity index (χ0n) is 12.8. The van der Waals surface area contributed by atoms with Crippen LogP contribution in [0.4, 0.5) is 4.79 Å². The molecular formula is C17H25NO2. The van der Waals surface area contributed by atoms with Crippen LogP contribution in [0.5, 0.6) is 0 Å². The molecule has 1 aromatic rings. The van der Waals surface area contributed by atoms with Crippen LogP contribution >= 0.6 is 0 Å². The Hall–Kier alpha value is -1.77. The highest BCUT2D eigenvalue weighted by atomic mass is 16.6. The van der Waals surface area contributed by atoms with Gasteiger partial charge in [0.25, 0.3) is 0 Å². The Kier molecular flexibility index (Phi) is 5.81. The largest absolute Gasteiger partial charge is 0.444 e. The van der Waals surface area contributed by atoms with E-state index in [4.69, 9.17) is 4.74 Å². The molecule has 0 unspecified atom stereocenters. The van der Waals surface area contributed by atoms with E-state index in [1.807, 2.05) is 64.1 Å². The molecule has 1 rings (SSSR count). The van der Waals surface area contributed by atoms with Crippen LogP contribution in [-0.4, -0.2) is 17.7 Å². The third-order valence-corrected chi connectivity index (χ3v) is 3.01. The number of alkyl carbamates (subject to hydrolysis) is 1. The second-order valence-corrected chi connectivity index (χ2v) is 5.83. The topological polar surface area (TPSA) is 38.3 Å². The Balaban J connectivity index is 2.78. The third-order valence-electron chi connectivity index (χ3n) is 3.01. The average Bonchev–Trinajstić information content (AvgIpc) is 2.37. The van der Waals surface area contributed by atoms with Gasteiger partial charge in [-0.05, 0) is 32.8 Å². The van der Waals surface area contributed by atoms with Crippen LogP contribution in [0.2, 0.25) is 0 Å². The lowest BCUT2D eigenvalue weighted by molar-refractivity contribution is 0.0499. The Morgan fingerprint density at radius 3 is 2.40 bits per heavy atom. The number of rotatable bonds is 5. The molecule has 0 aromatic heterocycles. The average molecular weight is 275 g/mol. The summed E-state index contributed by atoms with van der Waals surface area (Å²) in [6.07, 6.45) is 2.30. The van der Waals surface area contributed by atoms with E-state index in [1.54, 1.807) is 0 Å². The van der Waals surface area contributed by atoms with Gasteiger partial charge in [0.15, 0.2) is 0 Å². The van der Waals surface area contributed by atoms with Crippen LogP contribution in [0.15, 0.2) is 43.0 Å². The van der Waals surface area contributed by atoms with Gasteiger partial charge >= 0.3 is 6.09 Å². The summed E-state index contributed by atoms with van der Waals surface area (Å²) >= 11 is 0. The highest BCUT2D eigenvalue weighted by Crippen LogP contribution is 2.23. The third kappa shape index (κ3) is 5.08. The van der Waals surface area contributed by atoms with Crippen molar-refractivity contribution in [2.75, 3.05) is 0 Å². The highest BCUT2D eigenvalue weighted by molar-refractivity contribution is 5.68. The van der Waals surface area contributed by atoms with E-state index in [2.05, 4.69) is 11.9 Å². The molecular weight excluding hydrogens is 250 g/mol. The normalized spacial score (nSPS) is 14.2. The van der Waals surface area contributed by atoms with Gasteiger partial charge in [-0.25, -0.2) is 4.79 Å². The Morgan fingerprint density at radius 1 is 1.35 bits per heavy atom. The van der Waals surface area contributed by atoms with Gasteiger partial charge in [-0.3, -0.25) is 0 Å². The molecule has 1 amide bonds. The number of benzene rings is 1. The fraction of sp³-hybridized carbons (Fsp3) is 0.471. The minimum atomic E-state index is -0.487. The van der Waals surface area contributed by atoms with Crippen LogP contribution in [0.3, 0.4) is 0 Å². The predicted molar refractivity (Wildman–Crippen MR) is 82.8 cm³/mol. The minimum Gasteiger partial charge on any atom is -0.444 e. The van der Waals surface area contributed by atoms with Crippen molar-refractivity contribution < 1.29 is 9.53 Å². The molecule has 0 bridgehead atoms. The summed E-state index contributed by atoms with van der Waals surface area (Å²) in [4.78, 5) is 11.9. The SMILES string of the molecule is C=C[C@H](c1ccccc1)[C@@H](CC)NC(=O)OC(C)(C)C. The number of carbonyl (C=O) groups is 1. The lowest BCUT2D eigenvalue weighted by Crippen LogP contribution is -2.41. The Bertz CT molecular complexity index is 434. The molecule has 3 heteroatoms. The molecule has 0 saturated heterocycles. The quantitative estimate of drug-likeness (QED) is 0.815. The van der Waals surface area contributed by atoms with Crippen LogP contribution in [0.1, 0.15) is 45.6 Å². The summed E-state index contributed by atoms with van der Waals surface area (Å²) in [7, 11) is 0. The summed E-state index contributed by atoms with van der Waals surface area (Å²) in [5.74, 6) is 0.0775. The number of ether oxygens (including phenoxy) is 1. The van der Waals surface area contributed by atoms with Gasteiger partial charge in [-0.15, -0.1) is 6.58 Å². The molecule has 3 nitrogen and oxygen atoms in total. The number of nitrogens with one attached hydrogen (secondary N) is 1. The van der Waals surface area contributed by atoms with Crippen LogP contribution in [0, 0.1) is 0 Å². The van der Waals surface area contributed by atoms with Crippen LogP contribution in [-0.2, 0) is 4.74 Å². The van der Waals surface area contributed by atoms with E-state index < -0.39 is 5.60 Å². The Morgan fingerprint density at radius 2 is 1.95 bits per heavy atom. The molecule has 0 spiro atoms. The van der Waals surface area contributed by atoms with Crippen molar-refractivity contribution in [3.8, 4) is 0 Å². The molecule has 0 heterocycles. The van der Waals surface area contributed by atoms with Crippen molar-refractivity contribution in [3.63, 3.8) is 0 Å². The van der Waals surface area contributed by atoms with Gasteiger partial charge in [0.05, 0.1) is 0 Å². The summed E-state index contributed by atoms with van der Waals surface area (Å²) in [5, 5.41) is 2.94. The smallest absolute Gasteiger partial charge is 0.407 e. The fourth-order valence-electron chi connectivity index (χ4n) is 2.11. The number of amides is 1. The van der Waals surface area contributed by atoms with E-state index in [-0.39, 0.29) is 18.1 Å². The van der Waals surface area contributed by atoms with E-state index in [0.29, 0.717) is 0 Å². The predicted octanol–water partition coefficient (Wildman–Crippen LogP) is 4.26. The molecule has 0 saturated carbocycles. The highest BCUT2D eigenvalue weighted by Gasteiger charge is 2.23. The fourth-order valence-corrected chi connectivity index (χ4v) is 2.11. The van der Waals surface area contributed by atoms with E-state index in [9.17, 15) is 4.79 Å². The maximum Gasteiger partial charge on any atom is 0.407 e. The second-order valence-electron chi connectivity index (χ2n) is 5.83. The van der Waals surface area contributed by atoms with Crippen LogP contribution < -0.4 is 5.32 Å². The number of carbonyl (C=O) groups excluding carboxylic acids is 1. The van der Waals surface area contributed by atoms with Crippen LogP contribution in [0.25, 0.3) is 0 Å². The first kappa shape index (κ1) is 16.3. The molecule has 0 fully saturated rings. The van der Waals surface area contributed by atoms with Gasteiger partial charge in [-0.2, -0.15) is 0 Å². The van der Waals surface area contributed by atoms with Crippen molar-refractivity contribution in [2.45, 2.75) is 51.7 Å². The molecule has 0 aliphatic rings. The summed E-state index contributed by atoms with van der Waals surface area (Å²) < 4.78 is 5.32. The molecule has 20 heavy (non-hydrogen) atoms. The zero-order valence-corrected chi connectivity index (χ0v) is 12.8. The molecule has 0 aliphatic carbocycles. The van der Waals surface area contributed by atoms with Crippen molar-refractivity contribution in [1.29, 1.82) is 0 Å². The maximum atomic E-state index is 11.9. The number of hydrogen-bond donors (Lipinski definition) is 1. The molecule has 0 radical (unpaired) electrons. The van der Waals surface area contributed by atoms with Crippen molar-refractivity contribution >= 4 is 6.09 Å².